The molecule has 6 nitrogen and oxygen atoms in total. The van der Waals surface area contributed by atoms with Crippen LogP contribution in [0.15, 0.2) is 24.3 Å². The molecule has 0 saturated heterocycles. The average molecular weight is 268 g/mol. The van der Waals surface area contributed by atoms with E-state index in [-0.39, 0.29) is 28.5 Å². The summed E-state index contributed by atoms with van der Waals surface area (Å²) in [4.78, 5) is 10.7. The number of aromatic carboxylic acids is 1. The van der Waals surface area contributed by atoms with E-state index in [2.05, 4.69) is 19.7 Å². The predicted molar refractivity (Wildman–Crippen MR) is 57.2 cm³/mol. The molecule has 0 aliphatic carbocycles. The van der Waals surface area contributed by atoms with Crippen molar-refractivity contribution >= 4 is 5.97 Å². The van der Waals surface area contributed by atoms with Gasteiger partial charge in [0.25, 0.3) is 0 Å². The normalized spacial score (nSPS) is 15.5. The summed E-state index contributed by atoms with van der Waals surface area (Å²) < 4.78 is 34.7. The third-order valence-corrected chi connectivity index (χ3v) is 2.51. The summed E-state index contributed by atoms with van der Waals surface area (Å²) in [7, 11) is 0. The molecule has 0 bridgehead atoms. The molecule has 2 heterocycles. The van der Waals surface area contributed by atoms with Crippen molar-refractivity contribution in [1.82, 2.24) is 10.2 Å². The van der Waals surface area contributed by atoms with Crippen molar-refractivity contribution in [3.8, 4) is 22.8 Å². The average Bonchev–Trinajstić information content (AvgIpc) is 2.90. The Kier molecular flexibility index (Phi) is 2.21. The Balaban J connectivity index is 2.07. The van der Waals surface area contributed by atoms with Crippen LogP contribution < -0.4 is 9.47 Å². The number of carboxylic acids is 1. The van der Waals surface area contributed by atoms with Gasteiger partial charge in [0.2, 0.25) is 0 Å². The summed E-state index contributed by atoms with van der Waals surface area (Å²) in [6.07, 6.45) is -3.73. The molecule has 8 heteroatoms. The SMILES string of the molecule is O=C(O)c1cc(-c2cccc3c2OC(F)(F)O3)n[nH]1. The van der Waals surface area contributed by atoms with Crippen LogP contribution in [-0.4, -0.2) is 27.6 Å². The molecule has 0 saturated carbocycles. The van der Waals surface area contributed by atoms with Gasteiger partial charge in [0, 0.05) is 5.56 Å². The molecule has 0 atom stereocenters. The maximum atomic E-state index is 13.0. The van der Waals surface area contributed by atoms with Crippen molar-refractivity contribution < 1.29 is 28.2 Å². The molecule has 1 aliphatic rings. The standard InChI is InChI=1S/C11H6F2N2O4/c12-11(13)18-8-3-1-2-5(9(8)19-11)6-4-7(10(16)17)15-14-6/h1-4H,(H,14,15)(H,16,17). The molecule has 2 N–H and O–H groups in total. The number of hydrogen-bond donors (Lipinski definition) is 2. The molecule has 98 valence electrons. The molecule has 2 aromatic rings. The highest BCUT2D eigenvalue weighted by Crippen LogP contribution is 2.46. The third kappa shape index (κ3) is 1.86. The predicted octanol–water partition coefficient (Wildman–Crippen LogP) is 2.10. The van der Waals surface area contributed by atoms with Crippen LogP contribution in [0.2, 0.25) is 0 Å². The van der Waals surface area contributed by atoms with Gasteiger partial charge in [0.15, 0.2) is 11.5 Å². The molecule has 19 heavy (non-hydrogen) atoms. The van der Waals surface area contributed by atoms with Gasteiger partial charge in [0.05, 0.1) is 5.69 Å². The fourth-order valence-corrected chi connectivity index (χ4v) is 1.74. The second-order valence-electron chi connectivity index (χ2n) is 3.77. The Hall–Kier alpha value is -2.64. The van der Waals surface area contributed by atoms with Gasteiger partial charge in [-0.05, 0) is 18.2 Å². The lowest BCUT2D eigenvalue weighted by Gasteiger charge is -2.05. The van der Waals surface area contributed by atoms with Gasteiger partial charge in [-0.3, -0.25) is 5.10 Å². The number of nitrogens with one attached hydrogen (secondary N) is 1. The first kappa shape index (κ1) is 11.5. The van der Waals surface area contributed by atoms with E-state index in [0.717, 1.165) is 0 Å². The van der Waals surface area contributed by atoms with Crippen LogP contribution in [0.3, 0.4) is 0 Å². The lowest BCUT2D eigenvalue weighted by Crippen LogP contribution is -2.26. The zero-order valence-corrected chi connectivity index (χ0v) is 9.18. The van der Waals surface area contributed by atoms with Crippen LogP contribution in [0.25, 0.3) is 11.3 Å². The largest absolute Gasteiger partial charge is 0.586 e. The minimum Gasteiger partial charge on any atom is -0.477 e. The molecule has 1 aliphatic heterocycles. The number of aromatic nitrogens is 2. The number of fused-ring (bicyclic) bond motifs is 1. The number of halogens is 2. The number of benzene rings is 1. The number of H-pyrrole nitrogens is 1. The van der Waals surface area contributed by atoms with Gasteiger partial charge in [-0.1, -0.05) is 6.07 Å². The van der Waals surface area contributed by atoms with Crippen molar-refractivity contribution in [2.45, 2.75) is 6.29 Å². The van der Waals surface area contributed by atoms with E-state index in [1.165, 1.54) is 24.3 Å². The molecule has 0 unspecified atom stereocenters. The van der Waals surface area contributed by atoms with Crippen molar-refractivity contribution in [3.05, 3.63) is 30.0 Å². The molecule has 1 aromatic carbocycles. The van der Waals surface area contributed by atoms with E-state index in [9.17, 15) is 13.6 Å². The maximum absolute atomic E-state index is 13.0. The molecular weight excluding hydrogens is 262 g/mol. The first-order valence-electron chi connectivity index (χ1n) is 5.14. The van der Waals surface area contributed by atoms with Gasteiger partial charge >= 0.3 is 12.3 Å². The van der Waals surface area contributed by atoms with Crippen LogP contribution in [0.1, 0.15) is 10.5 Å². The fourth-order valence-electron chi connectivity index (χ4n) is 1.74. The van der Waals surface area contributed by atoms with Gasteiger partial charge in [0.1, 0.15) is 5.69 Å². The summed E-state index contributed by atoms with van der Waals surface area (Å²) in [6, 6.07) is 5.50. The number of carbonyl (C=O) groups is 1. The Labute approximate surface area is 104 Å². The molecular formula is C11H6F2N2O4. The summed E-state index contributed by atoms with van der Waals surface area (Å²) >= 11 is 0. The molecule has 0 radical (unpaired) electrons. The number of para-hydroxylation sites is 1. The van der Waals surface area contributed by atoms with E-state index in [1.807, 2.05) is 0 Å². The van der Waals surface area contributed by atoms with Crippen LogP contribution in [0.5, 0.6) is 11.5 Å². The number of ether oxygens (including phenoxy) is 2. The Morgan fingerprint density at radius 1 is 1.37 bits per heavy atom. The summed E-state index contributed by atoms with van der Waals surface area (Å²) in [5.74, 6) is -1.49. The maximum Gasteiger partial charge on any atom is 0.586 e. The Bertz CT molecular complexity index is 668. The monoisotopic (exact) mass is 268 g/mol. The third-order valence-electron chi connectivity index (χ3n) is 2.51. The second-order valence-corrected chi connectivity index (χ2v) is 3.77. The molecule has 0 fully saturated rings. The molecule has 0 amide bonds. The fraction of sp³-hybridized carbons (Fsp3) is 0.0909. The first-order chi connectivity index (χ1) is 8.96. The highest BCUT2D eigenvalue weighted by atomic mass is 19.3. The van der Waals surface area contributed by atoms with Gasteiger partial charge in [-0.25, -0.2) is 4.79 Å². The lowest BCUT2D eigenvalue weighted by atomic mass is 10.1. The molecule has 0 spiro atoms. The second kappa shape index (κ2) is 3.67. The lowest BCUT2D eigenvalue weighted by molar-refractivity contribution is -0.286. The Morgan fingerprint density at radius 3 is 2.84 bits per heavy atom. The number of alkyl halides is 2. The van der Waals surface area contributed by atoms with E-state index in [1.54, 1.807) is 0 Å². The quantitative estimate of drug-likeness (QED) is 0.871. The zero-order valence-electron chi connectivity index (χ0n) is 9.18. The van der Waals surface area contributed by atoms with E-state index in [4.69, 9.17) is 5.11 Å². The highest BCUT2D eigenvalue weighted by molar-refractivity contribution is 5.87. The Morgan fingerprint density at radius 2 is 2.16 bits per heavy atom. The number of rotatable bonds is 2. The van der Waals surface area contributed by atoms with Crippen molar-refractivity contribution in [2.24, 2.45) is 0 Å². The van der Waals surface area contributed by atoms with E-state index >= 15 is 0 Å². The van der Waals surface area contributed by atoms with Gasteiger partial charge in [-0.15, -0.1) is 8.78 Å². The zero-order chi connectivity index (χ0) is 13.6. The van der Waals surface area contributed by atoms with Gasteiger partial charge in [-0.2, -0.15) is 5.10 Å². The summed E-state index contributed by atoms with van der Waals surface area (Å²) in [6.45, 7) is 0. The smallest absolute Gasteiger partial charge is 0.477 e. The van der Waals surface area contributed by atoms with Crippen LogP contribution in [0.4, 0.5) is 8.78 Å². The van der Waals surface area contributed by atoms with Crippen LogP contribution in [0, 0.1) is 0 Å². The first-order valence-corrected chi connectivity index (χ1v) is 5.14. The number of carboxylic acid groups (broad SMARTS) is 1. The minimum atomic E-state index is -3.73. The number of aromatic amines is 1. The van der Waals surface area contributed by atoms with Gasteiger partial charge < -0.3 is 14.6 Å². The van der Waals surface area contributed by atoms with Crippen molar-refractivity contribution in [1.29, 1.82) is 0 Å². The summed E-state index contributed by atoms with van der Waals surface area (Å²) in [5.41, 5.74) is 0.243. The van der Waals surface area contributed by atoms with Crippen molar-refractivity contribution in [3.63, 3.8) is 0 Å². The minimum absolute atomic E-state index is 0.123. The highest BCUT2D eigenvalue weighted by Gasteiger charge is 2.44. The molecule has 3 rings (SSSR count). The number of nitrogens with zero attached hydrogens (tertiary/aromatic N) is 1. The topological polar surface area (TPSA) is 84.4 Å². The van der Waals surface area contributed by atoms with E-state index in [0.29, 0.717) is 0 Å². The van der Waals surface area contributed by atoms with Crippen LogP contribution >= 0.6 is 0 Å². The number of hydrogen-bond acceptors (Lipinski definition) is 4. The summed E-state index contributed by atoms with van der Waals surface area (Å²) in [5, 5.41) is 14.8. The van der Waals surface area contributed by atoms with E-state index < -0.39 is 12.3 Å². The van der Waals surface area contributed by atoms with Crippen LogP contribution in [-0.2, 0) is 0 Å². The van der Waals surface area contributed by atoms with Crippen molar-refractivity contribution in [2.75, 3.05) is 0 Å². The molecule has 1 aromatic heterocycles.